The Balaban J connectivity index is 1.11. The van der Waals surface area contributed by atoms with Crippen molar-refractivity contribution in [2.75, 3.05) is 19.7 Å². The highest BCUT2D eigenvalue weighted by molar-refractivity contribution is 5.83. The Morgan fingerprint density at radius 1 is 0.885 bits per heavy atom. The maximum atomic E-state index is 5.82. The number of nitrogens with one attached hydrogen (secondary N) is 3. The van der Waals surface area contributed by atoms with E-state index in [0.717, 1.165) is 30.8 Å². The van der Waals surface area contributed by atoms with Gasteiger partial charge in [-0.3, -0.25) is 0 Å². The Morgan fingerprint density at radius 2 is 1.85 bits per heavy atom. The lowest BCUT2D eigenvalue weighted by Gasteiger charge is -2.08. The van der Waals surface area contributed by atoms with Crippen molar-refractivity contribution >= 4 is 21.8 Å². The van der Waals surface area contributed by atoms with Crippen LogP contribution < -0.4 is 10.1 Å². The predicted molar refractivity (Wildman–Crippen MR) is 108 cm³/mol. The van der Waals surface area contributed by atoms with Gasteiger partial charge in [0.2, 0.25) is 0 Å². The number of aryl methyl sites for hydroxylation is 1. The minimum absolute atomic E-state index is 0.693. The number of hydrogen-bond donors (Lipinski definition) is 3. The standard InChI is InChI=1S/C22H25N3O/c1-2-7-22-20(6-1)18(16-25-22)5-3-4-11-23-13-14-26-19-8-9-21-17(15-19)10-12-24-21/h1-2,6-10,12,15-16,23-25H,3-5,11,13-14H2. The van der Waals surface area contributed by atoms with Gasteiger partial charge in [-0.25, -0.2) is 0 Å². The molecule has 0 aliphatic heterocycles. The SMILES string of the molecule is c1ccc2c(CCCCNCCOc3ccc4[nH]ccc4c3)c[nH]c2c1. The molecule has 4 nitrogen and oxygen atoms in total. The summed E-state index contributed by atoms with van der Waals surface area (Å²) in [6.45, 7) is 2.60. The number of ether oxygens (including phenoxy) is 1. The zero-order valence-electron chi connectivity index (χ0n) is 14.9. The summed E-state index contributed by atoms with van der Waals surface area (Å²) in [5, 5.41) is 6.01. The van der Waals surface area contributed by atoms with Gasteiger partial charge >= 0.3 is 0 Å². The Hall–Kier alpha value is -2.72. The first-order chi connectivity index (χ1) is 12.9. The molecule has 0 atom stereocenters. The van der Waals surface area contributed by atoms with Crippen LogP contribution in [-0.4, -0.2) is 29.7 Å². The molecule has 0 aliphatic carbocycles. The second-order valence-electron chi connectivity index (χ2n) is 6.64. The van der Waals surface area contributed by atoms with Crippen molar-refractivity contribution < 1.29 is 4.74 Å². The summed E-state index contributed by atoms with van der Waals surface area (Å²) in [4.78, 5) is 6.54. The lowest BCUT2D eigenvalue weighted by Crippen LogP contribution is -2.22. The Kier molecular flexibility index (Phi) is 5.22. The van der Waals surface area contributed by atoms with Crippen LogP contribution in [0.1, 0.15) is 18.4 Å². The molecule has 2 aromatic heterocycles. The largest absolute Gasteiger partial charge is 0.492 e. The van der Waals surface area contributed by atoms with Crippen LogP contribution in [-0.2, 0) is 6.42 Å². The quantitative estimate of drug-likeness (QED) is 0.386. The zero-order valence-corrected chi connectivity index (χ0v) is 14.9. The van der Waals surface area contributed by atoms with Crippen molar-refractivity contribution in [2.24, 2.45) is 0 Å². The maximum absolute atomic E-state index is 5.82. The molecule has 0 amide bonds. The van der Waals surface area contributed by atoms with E-state index in [0.29, 0.717) is 6.61 Å². The third-order valence-electron chi connectivity index (χ3n) is 4.80. The van der Waals surface area contributed by atoms with Crippen molar-refractivity contribution in [2.45, 2.75) is 19.3 Å². The number of aromatic nitrogens is 2. The van der Waals surface area contributed by atoms with E-state index < -0.39 is 0 Å². The Labute approximate surface area is 153 Å². The fourth-order valence-corrected chi connectivity index (χ4v) is 3.39. The van der Waals surface area contributed by atoms with E-state index in [1.807, 2.05) is 12.3 Å². The molecule has 0 saturated heterocycles. The first kappa shape index (κ1) is 16.7. The van der Waals surface area contributed by atoms with E-state index in [4.69, 9.17) is 4.74 Å². The molecule has 0 fully saturated rings. The monoisotopic (exact) mass is 347 g/mol. The molecule has 26 heavy (non-hydrogen) atoms. The molecule has 2 heterocycles. The number of unbranched alkanes of at least 4 members (excludes halogenated alkanes) is 1. The number of rotatable bonds is 9. The first-order valence-corrected chi connectivity index (χ1v) is 9.36. The number of aromatic amines is 2. The van der Waals surface area contributed by atoms with Gasteiger partial charge in [0, 0.05) is 40.7 Å². The molecule has 134 valence electrons. The smallest absolute Gasteiger partial charge is 0.120 e. The zero-order chi connectivity index (χ0) is 17.6. The summed E-state index contributed by atoms with van der Waals surface area (Å²) >= 11 is 0. The van der Waals surface area contributed by atoms with Crippen molar-refractivity contribution in [3.05, 3.63) is 66.5 Å². The van der Waals surface area contributed by atoms with Crippen LogP contribution in [0.4, 0.5) is 0 Å². The van der Waals surface area contributed by atoms with Crippen LogP contribution in [0.2, 0.25) is 0 Å². The molecule has 0 spiro atoms. The van der Waals surface area contributed by atoms with Crippen LogP contribution in [0.3, 0.4) is 0 Å². The predicted octanol–water partition coefficient (Wildman–Crippen LogP) is 4.64. The van der Waals surface area contributed by atoms with E-state index in [9.17, 15) is 0 Å². The molecule has 0 aliphatic rings. The van der Waals surface area contributed by atoms with Crippen molar-refractivity contribution in [3.8, 4) is 5.75 Å². The number of hydrogen-bond acceptors (Lipinski definition) is 2. The fourth-order valence-electron chi connectivity index (χ4n) is 3.39. The van der Waals surface area contributed by atoms with Gasteiger partial charge in [-0.15, -0.1) is 0 Å². The van der Waals surface area contributed by atoms with Crippen LogP contribution >= 0.6 is 0 Å². The van der Waals surface area contributed by atoms with Crippen LogP contribution in [0, 0.1) is 0 Å². The molecular weight excluding hydrogens is 322 g/mol. The summed E-state index contributed by atoms with van der Waals surface area (Å²) in [5.41, 5.74) is 3.80. The lowest BCUT2D eigenvalue weighted by molar-refractivity contribution is 0.314. The molecule has 0 radical (unpaired) electrons. The van der Waals surface area contributed by atoms with E-state index in [2.05, 4.69) is 63.9 Å². The fraction of sp³-hybridized carbons (Fsp3) is 0.273. The molecular formula is C22H25N3O. The molecule has 0 saturated carbocycles. The summed E-state index contributed by atoms with van der Waals surface area (Å²) in [6.07, 6.45) is 7.59. The molecule has 4 aromatic rings. The molecule has 4 heteroatoms. The van der Waals surface area contributed by atoms with Gasteiger partial charge in [0.05, 0.1) is 0 Å². The van der Waals surface area contributed by atoms with Crippen LogP contribution in [0.25, 0.3) is 21.8 Å². The minimum Gasteiger partial charge on any atom is -0.492 e. The number of benzene rings is 2. The first-order valence-electron chi connectivity index (χ1n) is 9.36. The normalized spacial score (nSPS) is 11.4. The van der Waals surface area contributed by atoms with Gasteiger partial charge in [0.15, 0.2) is 0 Å². The Morgan fingerprint density at radius 3 is 2.85 bits per heavy atom. The molecule has 3 N–H and O–H groups in total. The van der Waals surface area contributed by atoms with Crippen LogP contribution in [0.15, 0.2) is 60.9 Å². The molecule has 0 bridgehead atoms. The summed E-state index contributed by atoms with van der Waals surface area (Å²) in [5.74, 6) is 0.929. The molecule has 2 aromatic carbocycles. The highest BCUT2D eigenvalue weighted by Crippen LogP contribution is 2.20. The van der Waals surface area contributed by atoms with E-state index >= 15 is 0 Å². The third kappa shape index (κ3) is 3.92. The van der Waals surface area contributed by atoms with Gasteiger partial charge < -0.3 is 20.0 Å². The van der Waals surface area contributed by atoms with Crippen molar-refractivity contribution in [3.63, 3.8) is 0 Å². The van der Waals surface area contributed by atoms with Gasteiger partial charge in [0.1, 0.15) is 12.4 Å². The van der Waals surface area contributed by atoms with Gasteiger partial charge in [-0.05, 0) is 61.7 Å². The average Bonchev–Trinajstić information content (AvgIpc) is 3.30. The van der Waals surface area contributed by atoms with Crippen molar-refractivity contribution in [1.82, 2.24) is 15.3 Å². The second-order valence-corrected chi connectivity index (χ2v) is 6.64. The third-order valence-corrected chi connectivity index (χ3v) is 4.80. The summed E-state index contributed by atoms with van der Waals surface area (Å²) in [6, 6.07) is 16.7. The second kappa shape index (κ2) is 8.11. The highest BCUT2D eigenvalue weighted by Gasteiger charge is 2.02. The number of fused-ring (bicyclic) bond motifs is 2. The molecule has 0 unspecified atom stereocenters. The van der Waals surface area contributed by atoms with E-state index in [1.54, 1.807) is 0 Å². The van der Waals surface area contributed by atoms with Crippen LogP contribution in [0.5, 0.6) is 5.75 Å². The van der Waals surface area contributed by atoms with E-state index in [-0.39, 0.29) is 0 Å². The number of H-pyrrole nitrogens is 2. The molecule has 4 rings (SSSR count). The van der Waals surface area contributed by atoms with Gasteiger partial charge in [-0.2, -0.15) is 0 Å². The minimum atomic E-state index is 0.693. The summed E-state index contributed by atoms with van der Waals surface area (Å²) < 4.78 is 5.82. The summed E-state index contributed by atoms with van der Waals surface area (Å²) in [7, 11) is 0. The lowest BCUT2D eigenvalue weighted by atomic mass is 10.1. The van der Waals surface area contributed by atoms with Crippen molar-refractivity contribution in [1.29, 1.82) is 0 Å². The van der Waals surface area contributed by atoms with E-state index in [1.165, 1.54) is 34.7 Å². The van der Waals surface area contributed by atoms with Gasteiger partial charge in [-0.1, -0.05) is 18.2 Å². The number of para-hydroxylation sites is 1. The topological polar surface area (TPSA) is 52.8 Å². The average molecular weight is 347 g/mol. The maximum Gasteiger partial charge on any atom is 0.120 e. The van der Waals surface area contributed by atoms with Gasteiger partial charge in [0.25, 0.3) is 0 Å². The highest BCUT2D eigenvalue weighted by atomic mass is 16.5. The Bertz CT molecular complexity index is 970.